The van der Waals surface area contributed by atoms with Crippen LogP contribution in [0.4, 0.5) is 0 Å². The number of hydrogen-bond donors (Lipinski definition) is 3. The second-order valence-corrected chi connectivity index (χ2v) is 6.25. The van der Waals surface area contributed by atoms with Crippen LogP contribution in [0.3, 0.4) is 0 Å². The Kier molecular flexibility index (Phi) is 5.92. The predicted octanol–water partition coefficient (Wildman–Crippen LogP) is 0.141. The fraction of sp³-hybridized carbons (Fsp3) is 0.727. The van der Waals surface area contributed by atoms with Crippen LogP contribution in [0.15, 0.2) is 4.90 Å². The molecule has 110 valence electrons. The standard InChI is InChI=1S/C11H22N4O3S/c1-8(2)12-7-10-11(9(3)14-15-10)19(16,17)13-5-6-18-4/h8,12-13H,5-7H2,1-4H3,(H,14,15). The molecule has 1 aromatic heterocycles. The lowest BCUT2D eigenvalue weighted by atomic mass is 10.3. The first kappa shape index (κ1) is 16.1. The van der Waals surface area contributed by atoms with Gasteiger partial charge in [0.1, 0.15) is 4.90 Å². The maximum atomic E-state index is 12.2. The molecule has 0 aliphatic carbocycles. The zero-order valence-corrected chi connectivity index (χ0v) is 12.6. The average Bonchev–Trinajstić information content (AvgIpc) is 2.68. The highest BCUT2D eigenvalue weighted by molar-refractivity contribution is 7.89. The number of hydrogen-bond acceptors (Lipinski definition) is 5. The maximum absolute atomic E-state index is 12.2. The number of aromatic nitrogens is 2. The van der Waals surface area contributed by atoms with E-state index in [2.05, 4.69) is 20.2 Å². The van der Waals surface area contributed by atoms with Gasteiger partial charge in [0.25, 0.3) is 0 Å². The van der Waals surface area contributed by atoms with E-state index in [9.17, 15) is 8.42 Å². The van der Waals surface area contributed by atoms with Gasteiger partial charge in [-0.1, -0.05) is 13.8 Å². The van der Waals surface area contributed by atoms with Crippen LogP contribution >= 0.6 is 0 Å². The highest BCUT2D eigenvalue weighted by Crippen LogP contribution is 2.17. The molecule has 0 aromatic carbocycles. The Labute approximate surface area is 114 Å². The van der Waals surface area contributed by atoms with E-state index in [0.717, 1.165) is 0 Å². The monoisotopic (exact) mass is 290 g/mol. The first-order valence-corrected chi connectivity index (χ1v) is 7.62. The van der Waals surface area contributed by atoms with Crippen molar-refractivity contribution in [1.82, 2.24) is 20.2 Å². The van der Waals surface area contributed by atoms with E-state index in [1.165, 1.54) is 7.11 Å². The van der Waals surface area contributed by atoms with Crippen LogP contribution in [0.25, 0.3) is 0 Å². The predicted molar refractivity (Wildman–Crippen MR) is 72.4 cm³/mol. The lowest BCUT2D eigenvalue weighted by Gasteiger charge is -2.10. The second kappa shape index (κ2) is 6.99. The quantitative estimate of drug-likeness (QED) is 0.592. The molecule has 19 heavy (non-hydrogen) atoms. The van der Waals surface area contributed by atoms with E-state index in [1.807, 2.05) is 13.8 Å². The summed E-state index contributed by atoms with van der Waals surface area (Å²) in [5.41, 5.74) is 1.03. The maximum Gasteiger partial charge on any atom is 0.244 e. The molecule has 1 rings (SSSR count). The topological polar surface area (TPSA) is 96.1 Å². The largest absolute Gasteiger partial charge is 0.383 e. The first-order chi connectivity index (χ1) is 8.88. The molecule has 0 radical (unpaired) electrons. The number of ether oxygens (including phenoxy) is 1. The van der Waals surface area contributed by atoms with Crippen molar-refractivity contribution in [3.05, 3.63) is 11.4 Å². The number of rotatable bonds is 8. The van der Waals surface area contributed by atoms with Gasteiger partial charge in [-0.05, 0) is 6.92 Å². The Bertz CT molecular complexity index is 496. The van der Waals surface area contributed by atoms with Gasteiger partial charge in [-0.2, -0.15) is 5.10 Å². The van der Waals surface area contributed by atoms with Crippen LogP contribution in [0.1, 0.15) is 25.2 Å². The molecule has 1 heterocycles. The molecule has 0 aliphatic heterocycles. The molecule has 0 saturated heterocycles. The molecule has 0 atom stereocenters. The average molecular weight is 290 g/mol. The zero-order valence-electron chi connectivity index (χ0n) is 11.8. The van der Waals surface area contributed by atoms with Crippen molar-refractivity contribution in [2.24, 2.45) is 0 Å². The van der Waals surface area contributed by atoms with E-state index in [0.29, 0.717) is 24.5 Å². The smallest absolute Gasteiger partial charge is 0.244 e. The van der Waals surface area contributed by atoms with Crippen LogP contribution < -0.4 is 10.0 Å². The molecule has 0 saturated carbocycles. The summed E-state index contributed by atoms with van der Waals surface area (Å²) >= 11 is 0. The van der Waals surface area contributed by atoms with Gasteiger partial charge in [-0.15, -0.1) is 0 Å². The molecule has 3 N–H and O–H groups in total. The van der Waals surface area contributed by atoms with Gasteiger partial charge in [-0.3, -0.25) is 5.10 Å². The number of methoxy groups -OCH3 is 1. The van der Waals surface area contributed by atoms with Crippen LogP contribution in [0.5, 0.6) is 0 Å². The molecule has 0 spiro atoms. The highest BCUT2D eigenvalue weighted by atomic mass is 32.2. The van der Waals surface area contributed by atoms with Crippen molar-refractivity contribution in [3.8, 4) is 0 Å². The molecular weight excluding hydrogens is 268 g/mol. The van der Waals surface area contributed by atoms with Gasteiger partial charge in [-0.25, -0.2) is 13.1 Å². The SMILES string of the molecule is COCCNS(=O)(=O)c1c(CNC(C)C)n[nH]c1C. The van der Waals surface area contributed by atoms with Crippen LogP contribution in [-0.4, -0.2) is 44.9 Å². The number of nitrogens with zero attached hydrogens (tertiary/aromatic N) is 1. The van der Waals surface area contributed by atoms with Crippen LogP contribution in [-0.2, 0) is 21.3 Å². The van der Waals surface area contributed by atoms with Gasteiger partial charge in [0.2, 0.25) is 10.0 Å². The normalized spacial score (nSPS) is 12.3. The minimum Gasteiger partial charge on any atom is -0.383 e. The van der Waals surface area contributed by atoms with Crippen molar-refractivity contribution in [1.29, 1.82) is 0 Å². The molecule has 0 bridgehead atoms. The lowest BCUT2D eigenvalue weighted by molar-refractivity contribution is 0.204. The van der Waals surface area contributed by atoms with Crippen molar-refractivity contribution in [2.45, 2.75) is 38.3 Å². The third-order valence-electron chi connectivity index (χ3n) is 2.51. The Morgan fingerprint density at radius 3 is 2.68 bits per heavy atom. The summed E-state index contributed by atoms with van der Waals surface area (Å²) in [4.78, 5) is 0.219. The van der Waals surface area contributed by atoms with Crippen molar-refractivity contribution in [3.63, 3.8) is 0 Å². The van der Waals surface area contributed by atoms with E-state index in [-0.39, 0.29) is 17.5 Å². The Morgan fingerprint density at radius 2 is 2.11 bits per heavy atom. The minimum absolute atomic E-state index is 0.219. The fourth-order valence-corrected chi connectivity index (χ4v) is 2.97. The van der Waals surface area contributed by atoms with Crippen LogP contribution in [0.2, 0.25) is 0 Å². The summed E-state index contributed by atoms with van der Waals surface area (Å²) in [5, 5.41) is 9.92. The number of aryl methyl sites for hydroxylation is 1. The number of aromatic amines is 1. The van der Waals surface area contributed by atoms with E-state index < -0.39 is 10.0 Å². The Morgan fingerprint density at radius 1 is 1.42 bits per heavy atom. The Balaban J connectivity index is 2.88. The van der Waals surface area contributed by atoms with Gasteiger partial charge in [0.15, 0.2) is 0 Å². The summed E-state index contributed by atoms with van der Waals surface area (Å²) < 4.78 is 31.7. The lowest BCUT2D eigenvalue weighted by Crippen LogP contribution is -2.29. The summed E-state index contributed by atoms with van der Waals surface area (Å²) in [6.07, 6.45) is 0. The molecule has 7 nitrogen and oxygen atoms in total. The van der Waals surface area contributed by atoms with Gasteiger partial charge < -0.3 is 10.1 Å². The fourth-order valence-electron chi connectivity index (χ4n) is 1.60. The van der Waals surface area contributed by atoms with Gasteiger partial charge >= 0.3 is 0 Å². The number of sulfonamides is 1. The summed E-state index contributed by atoms with van der Waals surface area (Å²) in [5.74, 6) is 0. The molecular formula is C11H22N4O3S. The number of nitrogens with one attached hydrogen (secondary N) is 3. The first-order valence-electron chi connectivity index (χ1n) is 6.14. The van der Waals surface area contributed by atoms with E-state index in [1.54, 1.807) is 6.92 Å². The summed E-state index contributed by atoms with van der Waals surface area (Å²) in [6, 6.07) is 0.258. The summed E-state index contributed by atoms with van der Waals surface area (Å²) in [6.45, 7) is 6.64. The minimum atomic E-state index is -3.56. The summed E-state index contributed by atoms with van der Waals surface area (Å²) in [7, 11) is -2.04. The number of H-pyrrole nitrogens is 1. The zero-order chi connectivity index (χ0) is 14.5. The van der Waals surface area contributed by atoms with Crippen molar-refractivity contribution >= 4 is 10.0 Å². The molecule has 0 unspecified atom stereocenters. The third kappa shape index (κ3) is 4.57. The third-order valence-corrected chi connectivity index (χ3v) is 4.17. The second-order valence-electron chi connectivity index (χ2n) is 4.55. The van der Waals surface area contributed by atoms with Gasteiger partial charge in [0.05, 0.1) is 18.0 Å². The van der Waals surface area contributed by atoms with Crippen molar-refractivity contribution < 1.29 is 13.2 Å². The molecule has 1 aromatic rings. The van der Waals surface area contributed by atoms with Crippen LogP contribution in [0, 0.1) is 6.92 Å². The van der Waals surface area contributed by atoms with Gasteiger partial charge in [0, 0.05) is 26.2 Å². The van der Waals surface area contributed by atoms with E-state index >= 15 is 0 Å². The molecule has 0 amide bonds. The molecule has 0 aliphatic rings. The molecule has 0 fully saturated rings. The molecule has 8 heteroatoms. The highest BCUT2D eigenvalue weighted by Gasteiger charge is 2.23. The Hall–Kier alpha value is -0.960. The van der Waals surface area contributed by atoms with E-state index in [4.69, 9.17) is 4.74 Å². The van der Waals surface area contributed by atoms with Crippen molar-refractivity contribution in [2.75, 3.05) is 20.3 Å².